The first-order valence-electron chi connectivity index (χ1n) is 6.36. The van der Waals surface area contributed by atoms with E-state index in [9.17, 15) is 26.7 Å². The number of rotatable bonds is 4. The number of benzene rings is 1. The molecule has 136 valence electrons. The summed E-state index contributed by atoms with van der Waals surface area (Å²) in [6.45, 7) is -3.08. The molecule has 0 fully saturated rings. The molecule has 0 saturated carbocycles. The van der Waals surface area contributed by atoms with Gasteiger partial charge in [0.05, 0.1) is 9.50 Å². The summed E-state index contributed by atoms with van der Waals surface area (Å²) in [5.41, 5.74) is -1.57. The average molecular weight is 449 g/mol. The van der Waals surface area contributed by atoms with Crippen LogP contribution in [0, 0.1) is 0 Å². The fraction of sp³-hybridized carbons (Fsp3) is 0.231. The van der Waals surface area contributed by atoms with E-state index >= 15 is 0 Å². The standard InChI is InChI=1S/C13H8BrClF5N3O2/c1-23-10(13(18,19)20)8(14)9(22-23)11(24)21-5-2-3-7(6(15)4-5)25-12(16)17/h2-4,12H,1H3,(H,21,24). The number of aromatic nitrogens is 2. The Morgan fingerprint density at radius 1 is 1.40 bits per heavy atom. The maximum Gasteiger partial charge on any atom is 0.434 e. The number of ether oxygens (including phenoxy) is 1. The molecule has 1 amide bonds. The highest BCUT2D eigenvalue weighted by molar-refractivity contribution is 9.10. The summed E-state index contributed by atoms with van der Waals surface area (Å²) in [6.07, 6.45) is -4.71. The van der Waals surface area contributed by atoms with Crippen LogP contribution in [0.5, 0.6) is 5.75 Å². The van der Waals surface area contributed by atoms with Gasteiger partial charge in [-0.2, -0.15) is 27.1 Å². The Morgan fingerprint density at radius 2 is 2.04 bits per heavy atom. The molecule has 1 N–H and O–H groups in total. The van der Waals surface area contributed by atoms with Crippen molar-refractivity contribution >= 4 is 39.1 Å². The van der Waals surface area contributed by atoms with Crippen LogP contribution in [0.25, 0.3) is 0 Å². The smallest absolute Gasteiger partial charge is 0.433 e. The van der Waals surface area contributed by atoms with Crippen LogP contribution in [0.4, 0.5) is 27.6 Å². The molecule has 0 bridgehead atoms. The largest absolute Gasteiger partial charge is 0.434 e. The van der Waals surface area contributed by atoms with Crippen molar-refractivity contribution in [1.29, 1.82) is 0 Å². The molecule has 12 heteroatoms. The zero-order valence-corrected chi connectivity index (χ0v) is 14.5. The molecule has 0 saturated heterocycles. The summed E-state index contributed by atoms with van der Waals surface area (Å²) in [4.78, 5) is 12.1. The van der Waals surface area contributed by atoms with Gasteiger partial charge in [0.2, 0.25) is 0 Å². The molecule has 1 aromatic heterocycles. The number of amides is 1. The first kappa shape index (κ1) is 19.4. The van der Waals surface area contributed by atoms with Crippen LogP contribution in [0.3, 0.4) is 0 Å². The molecule has 0 aliphatic carbocycles. The number of nitrogens with zero attached hydrogens (tertiary/aromatic N) is 2. The lowest BCUT2D eigenvalue weighted by Gasteiger charge is -2.09. The number of hydrogen-bond donors (Lipinski definition) is 1. The van der Waals surface area contributed by atoms with Crippen molar-refractivity contribution in [2.75, 3.05) is 5.32 Å². The Labute approximate surface area is 150 Å². The molecule has 0 aliphatic rings. The molecule has 0 unspecified atom stereocenters. The van der Waals surface area contributed by atoms with Gasteiger partial charge >= 0.3 is 12.8 Å². The molecule has 0 aliphatic heterocycles. The van der Waals surface area contributed by atoms with E-state index in [1.165, 1.54) is 6.07 Å². The van der Waals surface area contributed by atoms with E-state index in [1.54, 1.807) is 0 Å². The van der Waals surface area contributed by atoms with Crippen LogP contribution in [0.1, 0.15) is 16.2 Å². The number of nitrogens with one attached hydrogen (secondary N) is 1. The van der Waals surface area contributed by atoms with E-state index in [0.717, 1.165) is 19.2 Å². The minimum Gasteiger partial charge on any atom is -0.433 e. The quantitative estimate of drug-likeness (QED) is 0.690. The lowest BCUT2D eigenvalue weighted by atomic mass is 10.2. The van der Waals surface area contributed by atoms with Crippen LogP contribution in [0.15, 0.2) is 22.7 Å². The Balaban J connectivity index is 2.25. The van der Waals surface area contributed by atoms with Crippen molar-refractivity contribution in [3.05, 3.63) is 39.1 Å². The first-order valence-corrected chi connectivity index (χ1v) is 7.53. The van der Waals surface area contributed by atoms with Crippen molar-refractivity contribution in [3.63, 3.8) is 0 Å². The van der Waals surface area contributed by atoms with Gasteiger partial charge < -0.3 is 10.1 Å². The second-order valence-electron chi connectivity index (χ2n) is 4.61. The number of hydrogen-bond acceptors (Lipinski definition) is 3. The predicted octanol–water partition coefficient (Wildman–Crippen LogP) is 4.71. The van der Waals surface area contributed by atoms with E-state index in [1.807, 2.05) is 0 Å². The second kappa shape index (κ2) is 7.16. The van der Waals surface area contributed by atoms with Gasteiger partial charge in [0.15, 0.2) is 11.4 Å². The molecule has 1 aromatic carbocycles. The van der Waals surface area contributed by atoms with Crippen LogP contribution in [0.2, 0.25) is 5.02 Å². The van der Waals surface area contributed by atoms with Gasteiger partial charge in [-0.3, -0.25) is 9.48 Å². The average Bonchev–Trinajstić information content (AvgIpc) is 2.76. The zero-order chi connectivity index (χ0) is 18.9. The van der Waals surface area contributed by atoms with Crippen molar-refractivity contribution < 1.29 is 31.5 Å². The number of carbonyl (C=O) groups excluding carboxylic acids is 1. The zero-order valence-electron chi connectivity index (χ0n) is 12.2. The summed E-state index contributed by atoms with van der Waals surface area (Å²) in [5, 5.41) is 5.59. The third kappa shape index (κ3) is 4.40. The molecule has 25 heavy (non-hydrogen) atoms. The Hall–Kier alpha value is -1.88. The third-order valence-electron chi connectivity index (χ3n) is 2.88. The SMILES string of the molecule is Cn1nc(C(=O)Nc2ccc(OC(F)F)c(Cl)c2)c(Br)c1C(F)(F)F. The van der Waals surface area contributed by atoms with Gasteiger partial charge in [-0.1, -0.05) is 11.6 Å². The molecular weight excluding hydrogens is 441 g/mol. The fourth-order valence-corrected chi connectivity index (χ4v) is 2.88. The molecule has 0 atom stereocenters. The summed E-state index contributed by atoms with van der Waals surface area (Å²) in [6, 6.07) is 3.39. The predicted molar refractivity (Wildman–Crippen MR) is 81.9 cm³/mol. The Kier molecular flexibility index (Phi) is 5.57. The van der Waals surface area contributed by atoms with Gasteiger partial charge in [-0.25, -0.2) is 0 Å². The molecule has 5 nitrogen and oxygen atoms in total. The normalized spacial score (nSPS) is 11.7. The molecule has 0 radical (unpaired) electrons. The second-order valence-corrected chi connectivity index (χ2v) is 5.81. The maximum atomic E-state index is 12.9. The highest BCUT2D eigenvalue weighted by Gasteiger charge is 2.39. The number of carbonyl (C=O) groups is 1. The summed E-state index contributed by atoms with van der Waals surface area (Å²) in [5.74, 6) is -1.26. The lowest BCUT2D eigenvalue weighted by Crippen LogP contribution is -2.13. The number of anilines is 1. The van der Waals surface area contributed by atoms with Crippen molar-refractivity contribution in [1.82, 2.24) is 9.78 Å². The van der Waals surface area contributed by atoms with Crippen molar-refractivity contribution in [3.8, 4) is 5.75 Å². The van der Waals surface area contributed by atoms with Crippen LogP contribution >= 0.6 is 27.5 Å². The first-order chi connectivity index (χ1) is 11.5. The minimum absolute atomic E-state index is 0.0581. The summed E-state index contributed by atoms with van der Waals surface area (Å²) >= 11 is 8.45. The van der Waals surface area contributed by atoms with Gasteiger partial charge in [-0.15, -0.1) is 0 Å². The van der Waals surface area contributed by atoms with E-state index in [2.05, 4.69) is 31.1 Å². The fourth-order valence-electron chi connectivity index (χ4n) is 1.91. The van der Waals surface area contributed by atoms with Crippen molar-refractivity contribution in [2.45, 2.75) is 12.8 Å². The molecule has 0 spiro atoms. The van der Waals surface area contributed by atoms with Gasteiger partial charge in [0.25, 0.3) is 5.91 Å². The van der Waals surface area contributed by atoms with Gasteiger partial charge in [-0.05, 0) is 34.1 Å². The highest BCUT2D eigenvalue weighted by atomic mass is 79.9. The lowest BCUT2D eigenvalue weighted by molar-refractivity contribution is -0.144. The third-order valence-corrected chi connectivity index (χ3v) is 3.93. The maximum absolute atomic E-state index is 12.9. The van der Waals surface area contributed by atoms with E-state index in [4.69, 9.17) is 11.6 Å². The van der Waals surface area contributed by atoms with Gasteiger partial charge in [0, 0.05) is 12.7 Å². The minimum atomic E-state index is -4.71. The topological polar surface area (TPSA) is 56.2 Å². The highest BCUT2D eigenvalue weighted by Crippen LogP contribution is 2.36. The number of aryl methyl sites for hydroxylation is 1. The van der Waals surface area contributed by atoms with E-state index in [0.29, 0.717) is 4.68 Å². The Bertz CT molecular complexity index is 810. The van der Waals surface area contributed by atoms with E-state index < -0.39 is 34.6 Å². The molecule has 2 aromatic rings. The molecule has 1 heterocycles. The van der Waals surface area contributed by atoms with Crippen LogP contribution in [-0.4, -0.2) is 22.3 Å². The monoisotopic (exact) mass is 447 g/mol. The Morgan fingerprint density at radius 3 is 2.52 bits per heavy atom. The summed E-state index contributed by atoms with van der Waals surface area (Å²) < 4.78 is 67.1. The van der Waals surface area contributed by atoms with Crippen LogP contribution in [-0.2, 0) is 13.2 Å². The molecular formula is C13H8BrClF5N3O2. The molecule has 2 rings (SSSR count). The van der Waals surface area contributed by atoms with E-state index in [-0.39, 0.29) is 16.5 Å². The van der Waals surface area contributed by atoms with Crippen LogP contribution < -0.4 is 10.1 Å². The summed E-state index contributed by atoms with van der Waals surface area (Å²) in [7, 11) is 1.04. The van der Waals surface area contributed by atoms with Crippen molar-refractivity contribution in [2.24, 2.45) is 7.05 Å². The number of alkyl halides is 5. The van der Waals surface area contributed by atoms with Gasteiger partial charge in [0.1, 0.15) is 5.75 Å². The number of halogens is 7.